The van der Waals surface area contributed by atoms with Crippen LogP contribution in [-0.4, -0.2) is 87.1 Å². The topological polar surface area (TPSA) is 95.1 Å². The number of benzene rings is 1. The number of rotatable bonds is 7. The molecule has 8 nitrogen and oxygen atoms in total. The van der Waals surface area contributed by atoms with Crippen LogP contribution < -0.4 is 0 Å². The van der Waals surface area contributed by atoms with Crippen molar-refractivity contribution in [2.45, 2.75) is 23.9 Å². The zero-order chi connectivity index (χ0) is 22.8. The lowest BCUT2D eigenvalue weighted by Gasteiger charge is -2.35. The van der Waals surface area contributed by atoms with Crippen LogP contribution in [0, 0.1) is 0 Å². The molecule has 0 aliphatic carbocycles. The van der Waals surface area contributed by atoms with E-state index in [1.165, 1.54) is 4.31 Å². The highest BCUT2D eigenvalue weighted by Gasteiger charge is 2.36. The van der Waals surface area contributed by atoms with Crippen molar-refractivity contribution < 1.29 is 21.6 Å². The molecule has 0 bridgehead atoms. The summed E-state index contributed by atoms with van der Waals surface area (Å²) in [4.78, 5) is 18.1. The molecular weight excluding hydrogens is 470 g/mol. The van der Waals surface area contributed by atoms with Crippen molar-refractivity contribution >= 4 is 37.1 Å². The van der Waals surface area contributed by atoms with Crippen LogP contribution in [0.25, 0.3) is 0 Å². The Kier molecular flexibility index (Phi) is 7.01. The second-order valence-corrected chi connectivity index (χ2v) is 13.4. The molecule has 0 saturated carbocycles. The number of hydrogen-bond donors (Lipinski definition) is 0. The standard InChI is InChI=1S/C21H27N3O5S3/c25-21(24(15-19-5-4-13-30-19)18-8-14-31(26,27)17-18)16-22-9-11-23(12-10-22)32(28,29)20-6-2-1-3-7-20/h1-7,13,18H,8-12,14-17H2/t18-/m1/s1. The zero-order valence-electron chi connectivity index (χ0n) is 17.7. The van der Waals surface area contributed by atoms with Crippen LogP contribution in [-0.2, 0) is 31.2 Å². The highest BCUT2D eigenvalue weighted by atomic mass is 32.2. The van der Waals surface area contributed by atoms with Crippen LogP contribution in [0.1, 0.15) is 11.3 Å². The molecule has 2 fully saturated rings. The normalized spacial score (nSPS) is 22.1. The first-order chi connectivity index (χ1) is 15.2. The molecule has 2 aromatic rings. The van der Waals surface area contributed by atoms with Gasteiger partial charge in [0, 0.05) is 37.1 Å². The van der Waals surface area contributed by atoms with Crippen LogP contribution in [0.2, 0.25) is 0 Å². The van der Waals surface area contributed by atoms with Crippen molar-refractivity contribution in [3.63, 3.8) is 0 Å². The fraction of sp³-hybridized carbons (Fsp3) is 0.476. The van der Waals surface area contributed by atoms with E-state index in [-0.39, 0.29) is 34.9 Å². The van der Waals surface area contributed by atoms with Crippen LogP contribution in [0.5, 0.6) is 0 Å². The molecule has 0 radical (unpaired) electrons. The minimum Gasteiger partial charge on any atom is -0.332 e. The summed E-state index contributed by atoms with van der Waals surface area (Å²) in [6.07, 6.45) is 0.461. The van der Waals surface area contributed by atoms with Gasteiger partial charge in [-0.3, -0.25) is 9.69 Å². The Morgan fingerprint density at radius 2 is 1.78 bits per heavy atom. The Hall–Kier alpha value is -1.79. The summed E-state index contributed by atoms with van der Waals surface area (Å²) in [6, 6.07) is 11.9. The average Bonchev–Trinajstić information content (AvgIpc) is 3.42. The summed E-state index contributed by atoms with van der Waals surface area (Å²) < 4.78 is 51.1. The van der Waals surface area contributed by atoms with Gasteiger partial charge in [0.1, 0.15) is 0 Å². The Morgan fingerprint density at radius 3 is 2.38 bits per heavy atom. The van der Waals surface area contributed by atoms with Crippen molar-refractivity contribution in [2.75, 3.05) is 44.2 Å². The maximum atomic E-state index is 13.2. The van der Waals surface area contributed by atoms with Crippen molar-refractivity contribution in [3.8, 4) is 0 Å². The third-order valence-electron chi connectivity index (χ3n) is 5.95. The Bertz CT molecular complexity index is 1130. The van der Waals surface area contributed by atoms with E-state index >= 15 is 0 Å². The summed E-state index contributed by atoms with van der Waals surface area (Å²) in [5.74, 6) is 0.00892. The smallest absolute Gasteiger partial charge is 0.243 e. The average molecular weight is 498 g/mol. The van der Waals surface area contributed by atoms with Crippen molar-refractivity contribution in [1.29, 1.82) is 0 Å². The van der Waals surface area contributed by atoms with Gasteiger partial charge in [-0.1, -0.05) is 24.3 Å². The fourth-order valence-electron chi connectivity index (χ4n) is 4.16. The first kappa shape index (κ1) is 23.4. The molecule has 0 spiro atoms. The number of carbonyl (C=O) groups is 1. The molecule has 1 aromatic heterocycles. The monoisotopic (exact) mass is 497 g/mol. The number of carbonyl (C=O) groups excluding carboxylic acids is 1. The SMILES string of the molecule is O=C(CN1CCN(S(=O)(=O)c2ccccc2)CC1)N(Cc1cccs1)[C@@H]1CCS(=O)(=O)C1. The van der Waals surface area contributed by atoms with E-state index in [0.29, 0.717) is 39.1 Å². The molecule has 1 atom stereocenters. The lowest BCUT2D eigenvalue weighted by Crippen LogP contribution is -2.52. The molecule has 3 heterocycles. The number of sulfonamides is 1. The van der Waals surface area contributed by atoms with Gasteiger partial charge in [0.2, 0.25) is 15.9 Å². The Labute approximate surface area is 193 Å². The summed E-state index contributed by atoms with van der Waals surface area (Å²) >= 11 is 1.54. The van der Waals surface area contributed by atoms with E-state index in [2.05, 4.69) is 0 Å². The van der Waals surface area contributed by atoms with Gasteiger partial charge in [0.25, 0.3) is 0 Å². The lowest BCUT2D eigenvalue weighted by atomic mass is 10.2. The maximum Gasteiger partial charge on any atom is 0.243 e. The van der Waals surface area contributed by atoms with Crippen LogP contribution in [0.4, 0.5) is 0 Å². The number of sulfone groups is 1. The second-order valence-electron chi connectivity index (χ2n) is 8.15. The number of thiophene rings is 1. The van der Waals surface area contributed by atoms with E-state index in [4.69, 9.17) is 0 Å². The van der Waals surface area contributed by atoms with Gasteiger partial charge < -0.3 is 4.90 Å². The third-order valence-corrected chi connectivity index (χ3v) is 10.5. The predicted octanol–water partition coefficient (Wildman–Crippen LogP) is 1.27. The largest absolute Gasteiger partial charge is 0.332 e. The van der Waals surface area contributed by atoms with Gasteiger partial charge in [-0.15, -0.1) is 11.3 Å². The van der Waals surface area contributed by atoms with E-state index in [0.717, 1.165) is 4.88 Å². The first-order valence-electron chi connectivity index (χ1n) is 10.5. The van der Waals surface area contributed by atoms with Crippen LogP contribution in [0.3, 0.4) is 0 Å². The molecule has 1 amide bonds. The number of hydrogen-bond acceptors (Lipinski definition) is 7. The van der Waals surface area contributed by atoms with Gasteiger partial charge in [-0.25, -0.2) is 16.8 Å². The van der Waals surface area contributed by atoms with Gasteiger partial charge in [0.15, 0.2) is 9.84 Å². The summed E-state index contributed by atoms with van der Waals surface area (Å²) in [6.45, 7) is 2.09. The zero-order valence-corrected chi connectivity index (χ0v) is 20.1. The third kappa shape index (κ3) is 5.40. The van der Waals surface area contributed by atoms with E-state index in [1.807, 2.05) is 22.4 Å². The molecule has 0 unspecified atom stereocenters. The molecular formula is C21H27N3O5S3. The molecule has 0 N–H and O–H groups in total. The lowest BCUT2D eigenvalue weighted by molar-refractivity contribution is -0.135. The molecule has 4 rings (SSSR count). The molecule has 1 aromatic carbocycles. The minimum atomic E-state index is -3.54. The number of nitrogens with zero attached hydrogens (tertiary/aromatic N) is 3. The van der Waals surface area contributed by atoms with E-state index < -0.39 is 19.9 Å². The molecule has 174 valence electrons. The molecule has 2 aliphatic heterocycles. The van der Waals surface area contributed by atoms with Gasteiger partial charge in [-0.05, 0) is 30.0 Å². The van der Waals surface area contributed by atoms with Crippen molar-refractivity contribution in [3.05, 3.63) is 52.7 Å². The minimum absolute atomic E-state index is 0.00716. The summed E-state index contributed by atoms with van der Waals surface area (Å²) in [7, 11) is -6.66. The quantitative estimate of drug-likeness (QED) is 0.572. The van der Waals surface area contributed by atoms with Crippen LogP contribution >= 0.6 is 11.3 Å². The van der Waals surface area contributed by atoms with Gasteiger partial charge >= 0.3 is 0 Å². The summed E-state index contributed by atoms with van der Waals surface area (Å²) in [5.41, 5.74) is 0. The summed E-state index contributed by atoms with van der Waals surface area (Å²) in [5, 5.41) is 1.94. The molecule has 11 heteroatoms. The number of amides is 1. The van der Waals surface area contributed by atoms with Gasteiger partial charge in [0.05, 0.1) is 29.5 Å². The molecule has 2 saturated heterocycles. The van der Waals surface area contributed by atoms with Crippen LogP contribution in [0.15, 0.2) is 52.7 Å². The number of piperazine rings is 1. The molecule has 2 aliphatic rings. The Balaban J connectivity index is 1.39. The highest BCUT2D eigenvalue weighted by molar-refractivity contribution is 7.91. The maximum absolute atomic E-state index is 13.2. The van der Waals surface area contributed by atoms with Gasteiger partial charge in [-0.2, -0.15) is 4.31 Å². The van der Waals surface area contributed by atoms with Crippen molar-refractivity contribution in [1.82, 2.24) is 14.1 Å². The fourth-order valence-corrected chi connectivity index (χ4v) is 8.04. The second kappa shape index (κ2) is 9.60. The van der Waals surface area contributed by atoms with E-state index in [1.54, 1.807) is 46.6 Å². The highest BCUT2D eigenvalue weighted by Crippen LogP contribution is 2.23. The van der Waals surface area contributed by atoms with E-state index in [9.17, 15) is 21.6 Å². The van der Waals surface area contributed by atoms with Crippen molar-refractivity contribution in [2.24, 2.45) is 0 Å². The predicted molar refractivity (Wildman–Crippen MR) is 124 cm³/mol. The Morgan fingerprint density at radius 1 is 1.06 bits per heavy atom. The molecule has 32 heavy (non-hydrogen) atoms. The first-order valence-corrected chi connectivity index (χ1v) is 14.7.